The van der Waals surface area contributed by atoms with Crippen molar-refractivity contribution in [1.82, 2.24) is 0 Å². The normalized spacial score (nSPS) is 11.9. The number of aldehydes is 1. The van der Waals surface area contributed by atoms with Gasteiger partial charge in [0, 0.05) is 27.7 Å². The van der Waals surface area contributed by atoms with Gasteiger partial charge in [0.1, 0.15) is 0 Å². The number of rotatable bonds is 10. The highest BCUT2D eigenvalue weighted by atomic mass is 16.1. The molecule has 0 fully saturated rings. The van der Waals surface area contributed by atoms with Crippen molar-refractivity contribution in [2.24, 2.45) is 0 Å². The zero-order chi connectivity index (χ0) is 31.2. The van der Waals surface area contributed by atoms with Gasteiger partial charge in [-0.2, -0.15) is 0 Å². The van der Waals surface area contributed by atoms with Crippen molar-refractivity contribution in [3.8, 4) is 0 Å². The summed E-state index contributed by atoms with van der Waals surface area (Å²) in [7, 11) is 0. The van der Waals surface area contributed by atoms with Crippen molar-refractivity contribution in [3.63, 3.8) is 0 Å². The molecule has 5 rings (SSSR count). The van der Waals surface area contributed by atoms with Crippen LogP contribution in [0.1, 0.15) is 44.3 Å². The van der Waals surface area contributed by atoms with Crippen LogP contribution < -0.4 is 15.3 Å². The summed E-state index contributed by atoms with van der Waals surface area (Å²) >= 11 is 0. The second kappa shape index (κ2) is 13.0. The summed E-state index contributed by atoms with van der Waals surface area (Å²) in [6.07, 6.45) is 7.73. The number of hydrogen-bond acceptors (Lipinski definition) is 3. The highest BCUT2D eigenvalue weighted by molar-refractivity contribution is 6.15. The second-order valence-electron chi connectivity index (χ2n) is 10.5. The Morgan fingerprint density at radius 2 is 1.36 bits per heavy atom. The molecule has 0 saturated carbocycles. The van der Waals surface area contributed by atoms with Crippen LogP contribution in [0.5, 0.6) is 0 Å². The standard InChI is InChI=1S/C41H33NO2/c1-6-31-24-35(27-43)39(26-32(31)7-2)41(44)29(5)22-30-18-19-34-25-37(21-20-33(34)23-30)42(36-15-10-9-11-16-36)40(8-3)38-17-13-12-14-28(38)4/h6-27H,1-4H2,5H3/b29-22?,40-38+. The predicted octanol–water partition coefficient (Wildman–Crippen LogP) is 8.77. The van der Waals surface area contributed by atoms with Crippen LogP contribution in [0.2, 0.25) is 0 Å². The Morgan fingerprint density at radius 3 is 2.05 bits per heavy atom. The molecule has 5 aromatic rings. The van der Waals surface area contributed by atoms with Crippen LogP contribution >= 0.6 is 0 Å². The summed E-state index contributed by atoms with van der Waals surface area (Å²) < 4.78 is 0. The predicted molar refractivity (Wildman–Crippen MR) is 187 cm³/mol. The first-order valence-electron chi connectivity index (χ1n) is 14.3. The molecule has 0 heterocycles. The molecule has 214 valence electrons. The van der Waals surface area contributed by atoms with Gasteiger partial charge in [0.15, 0.2) is 12.1 Å². The van der Waals surface area contributed by atoms with E-state index in [4.69, 9.17) is 0 Å². The van der Waals surface area contributed by atoms with E-state index >= 15 is 0 Å². The van der Waals surface area contributed by atoms with Crippen LogP contribution in [0.15, 0.2) is 135 Å². The highest BCUT2D eigenvalue weighted by Gasteiger charge is 2.17. The van der Waals surface area contributed by atoms with Gasteiger partial charge in [0.05, 0.1) is 5.70 Å². The number of hydrogen-bond donors (Lipinski definition) is 0. The Labute approximate surface area is 258 Å². The fraction of sp³-hybridized carbons (Fsp3) is 0.0244. The van der Waals surface area contributed by atoms with E-state index in [-0.39, 0.29) is 5.78 Å². The van der Waals surface area contributed by atoms with Crippen molar-refractivity contribution in [1.29, 1.82) is 0 Å². The molecule has 3 heteroatoms. The molecule has 0 aliphatic heterocycles. The lowest BCUT2D eigenvalue weighted by Gasteiger charge is -2.27. The lowest BCUT2D eigenvalue weighted by atomic mass is 9.93. The molecule has 0 unspecified atom stereocenters. The van der Waals surface area contributed by atoms with E-state index < -0.39 is 0 Å². The van der Waals surface area contributed by atoms with E-state index in [0.717, 1.165) is 55.0 Å². The summed E-state index contributed by atoms with van der Waals surface area (Å²) in [5.74, 6) is -0.210. The number of allylic oxidation sites excluding steroid dienone is 1. The van der Waals surface area contributed by atoms with Gasteiger partial charge in [0.25, 0.3) is 0 Å². The number of anilines is 2. The van der Waals surface area contributed by atoms with Gasteiger partial charge >= 0.3 is 0 Å². The van der Waals surface area contributed by atoms with Gasteiger partial charge in [-0.25, -0.2) is 0 Å². The van der Waals surface area contributed by atoms with Crippen LogP contribution in [0.4, 0.5) is 11.4 Å². The van der Waals surface area contributed by atoms with Crippen LogP contribution in [0, 0.1) is 0 Å². The van der Waals surface area contributed by atoms with Crippen LogP contribution in [0.25, 0.3) is 41.3 Å². The van der Waals surface area contributed by atoms with Crippen molar-refractivity contribution in [2.75, 3.05) is 4.90 Å². The maximum Gasteiger partial charge on any atom is 0.189 e. The van der Waals surface area contributed by atoms with E-state index in [1.165, 1.54) is 0 Å². The monoisotopic (exact) mass is 571 g/mol. The maximum absolute atomic E-state index is 13.4. The van der Waals surface area contributed by atoms with Crippen LogP contribution in [0.3, 0.4) is 0 Å². The quantitative estimate of drug-likeness (QED) is 0.0955. The lowest BCUT2D eigenvalue weighted by Crippen LogP contribution is -2.31. The van der Waals surface area contributed by atoms with Gasteiger partial charge in [0.2, 0.25) is 0 Å². The Bertz CT molecular complexity index is 2080. The molecule has 5 aromatic carbocycles. The van der Waals surface area contributed by atoms with Gasteiger partial charge in [-0.05, 0) is 99.8 Å². The summed E-state index contributed by atoms with van der Waals surface area (Å²) in [4.78, 5) is 27.4. The fourth-order valence-electron chi connectivity index (χ4n) is 5.40. The van der Waals surface area contributed by atoms with E-state index in [9.17, 15) is 9.59 Å². The smallest absolute Gasteiger partial charge is 0.189 e. The highest BCUT2D eigenvalue weighted by Crippen LogP contribution is 2.33. The number of fused-ring (bicyclic) bond motifs is 1. The maximum atomic E-state index is 13.4. The van der Waals surface area contributed by atoms with Gasteiger partial charge < -0.3 is 4.90 Å². The number of ketones is 1. The number of para-hydroxylation sites is 1. The third-order valence-electron chi connectivity index (χ3n) is 7.66. The third kappa shape index (κ3) is 5.90. The Balaban J connectivity index is 1.55. The topological polar surface area (TPSA) is 37.4 Å². The average Bonchev–Trinajstić information content (AvgIpc) is 3.06. The van der Waals surface area contributed by atoms with E-state index in [2.05, 4.69) is 79.7 Å². The summed E-state index contributed by atoms with van der Waals surface area (Å²) in [5.41, 5.74) is 6.53. The van der Waals surface area contributed by atoms with Crippen molar-refractivity contribution < 1.29 is 9.59 Å². The third-order valence-corrected chi connectivity index (χ3v) is 7.66. The first-order valence-corrected chi connectivity index (χ1v) is 14.3. The Kier molecular flexibility index (Phi) is 8.78. The van der Waals surface area contributed by atoms with Crippen LogP contribution in [-0.2, 0) is 0 Å². The fourth-order valence-corrected chi connectivity index (χ4v) is 5.40. The molecule has 0 saturated heterocycles. The largest absolute Gasteiger partial charge is 0.310 e. The molecular formula is C41H33NO2. The molecule has 0 amide bonds. The summed E-state index contributed by atoms with van der Waals surface area (Å²) in [6.45, 7) is 17.8. The summed E-state index contributed by atoms with van der Waals surface area (Å²) in [5, 5.41) is 4.01. The molecule has 0 radical (unpaired) electrons. The zero-order valence-electron chi connectivity index (χ0n) is 24.8. The molecule has 0 atom stereocenters. The number of carbonyl (C=O) groups excluding carboxylic acids is 2. The molecular weight excluding hydrogens is 538 g/mol. The molecule has 0 spiro atoms. The second-order valence-corrected chi connectivity index (χ2v) is 10.5. The van der Waals surface area contributed by atoms with E-state index in [1.54, 1.807) is 31.2 Å². The molecule has 3 nitrogen and oxygen atoms in total. The number of benzene rings is 5. The van der Waals surface area contributed by atoms with E-state index in [1.807, 2.05) is 54.6 Å². The molecule has 0 aromatic heterocycles. The zero-order valence-corrected chi connectivity index (χ0v) is 24.8. The summed E-state index contributed by atoms with van der Waals surface area (Å²) in [6, 6.07) is 34.0. The molecule has 0 N–H and O–H groups in total. The first kappa shape index (κ1) is 29.7. The van der Waals surface area contributed by atoms with Gasteiger partial charge in [-0.15, -0.1) is 0 Å². The number of nitrogens with zero attached hydrogens (tertiary/aromatic N) is 1. The van der Waals surface area contributed by atoms with Gasteiger partial charge in [-0.1, -0.05) is 99.1 Å². The first-order chi connectivity index (χ1) is 21.4. The minimum absolute atomic E-state index is 0.210. The molecule has 0 aliphatic rings. The van der Waals surface area contributed by atoms with E-state index in [0.29, 0.717) is 23.0 Å². The minimum atomic E-state index is -0.210. The average molecular weight is 572 g/mol. The van der Waals surface area contributed by atoms with Crippen molar-refractivity contribution in [2.45, 2.75) is 6.92 Å². The van der Waals surface area contributed by atoms with Gasteiger partial charge in [-0.3, -0.25) is 9.59 Å². The van der Waals surface area contributed by atoms with Crippen molar-refractivity contribution in [3.05, 3.63) is 173 Å². The van der Waals surface area contributed by atoms with Crippen LogP contribution in [-0.4, -0.2) is 12.1 Å². The Hall–Kier alpha value is -5.80. The molecule has 0 aliphatic carbocycles. The SMILES string of the molecule is C=C/C(=c1/ccccc1=C)N(c1ccccc1)c1ccc2cc(C=C(C)C(=O)c3cc(C=C)c(C=C)cc3C=O)ccc2c1. The number of carbonyl (C=O) groups is 2. The molecule has 44 heavy (non-hydrogen) atoms. The molecule has 0 bridgehead atoms. The minimum Gasteiger partial charge on any atom is -0.310 e. The van der Waals surface area contributed by atoms with Crippen molar-refractivity contribution >= 4 is 64.7 Å². The lowest BCUT2D eigenvalue weighted by molar-refractivity contribution is 0.102. The number of Topliss-reactive ketones (excluding diaryl/α,β-unsaturated/α-hetero) is 1. The Morgan fingerprint density at radius 1 is 0.705 bits per heavy atom.